The van der Waals surface area contributed by atoms with Gasteiger partial charge in [0.2, 0.25) is 9.70 Å². The minimum absolute atomic E-state index is 0.127. The van der Waals surface area contributed by atoms with E-state index in [4.69, 9.17) is 34.8 Å². The lowest BCUT2D eigenvalue weighted by Gasteiger charge is -2.27. The maximum atomic E-state index is 12.0. The summed E-state index contributed by atoms with van der Waals surface area (Å²) in [5, 5.41) is 2.80. The molecule has 1 N–H and O–H groups in total. The number of amides is 1. The monoisotopic (exact) mass is 350 g/mol. The molecule has 0 aliphatic rings. The number of rotatable bonds is 5. The van der Waals surface area contributed by atoms with Gasteiger partial charge >= 0.3 is 0 Å². The summed E-state index contributed by atoms with van der Waals surface area (Å²) in [6.07, 6.45) is 0.396. The van der Waals surface area contributed by atoms with Gasteiger partial charge in [-0.1, -0.05) is 60.8 Å². The highest BCUT2D eigenvalue weighted by atomic mass is 35.6. The van der Waals surface area contributed by atoms with Gasteiger partial charge in [0.15, 0.2) is 0 Å². The maximum absolute atomic E-state index is 12.0. The summed E-state index contributed by atoms with van der Waals surface area (Å²) in [5.74, 6) is 0.121. The zero-order chi connectivity index (χ0) is 16.2. The fraction of sp³-hybridized carbons (Fsp3) is 0.533. The van der Waals surface area contributed by atoms with Crippen LogP contribution >= 0.6 is 34.8 Å². The molecule has 0 aromatic heterocycles. The first-order chi connectivity index (χ1) is 9.61. The lowest BCUT2D eigenvalue weighted by Crippen LogP contribution is -2.36. The summed E-state index contributed by atoms with van der Waals surface area (Å²) in [4.78, 5) is 13.9. The summed E-state index contributed by atoms with van der Waals surface area (Å²) >= 11 is 18.1. The van der Waals surface area contributed by atoms with Crippen LogP contribution in [0, 0.1) is 5.92 Å². The highest BCUT2D eigenvalue weighted by molar-refractivity contribution is 6.68. The van der Waals surface area contributed by atoms with Crippen LogP contribution in [0.2, 0.25) is 0 Å². The standard InChI is InChI=1S/C15H21Cl3N2O/c1-10(2)9-13(21)19-14(15(16,17)18)11-5-7-12(8-6-11)20(3)4/h5-8,10,14H,9H2,1-4H3,(H,19,21)/t14-/m0/s1. The van der Waals surface area contributed by atoms with Gasteiger partial charge in [-0.05, 0) is 23.6 Å². The Morgan fingerprint density at radius 3 is 2.10 bits per heavy atom. The minimum Gasteiger partial charge on any atom is -0.378 e. The maximum Gasteiger partial charge on any atom is 0.220 e. The third-order valence-electron chi connectivity index (χ3n) is 2.97. The number of nitrogens with zero attached hydrogens (tertiary/aromatic N) is 1. The van der Waals surface area contributed by atoms with E-state index in [2.05, 4.69) is 5.32 Å². The van der Waals surface area contributed by atoms with E-state index in [0.717, 1.165) is 11.3 Å². The molecule has 1 aromatic rings. The third-order valence-corrected chi connectivity index (χ3v) is 3.62. The van der Waals surface area contributed by atoms with Crippen molar-refractivity contribution in [3.8, 4) is 0 Å². The first-order valence-electron chi connectivity index (χ1n) is 6.74. The molecule has 0 saturated carbocycles. The molecular weight excluding hydrogens is 331 g/mol. The summed E-state index contributed by atoms with van der Waals surface area (Å²) in [7, 11) is 3.90. The van der Waals surface area contributed by atoms with Crippen LogP contribution in [-0.4, -0.2) is 23.8 Å². The van der Waals surface area contributed by atoms with Crippen LogP contribution in [0.25, 0.3) is 0 Å². The SMILES string of the molecule is CC(C)CC(=O)N[C@@H](c1ccc(N(C)C)cc1)C(Cl)(Cl)Cl. The van der Waals surface area contributed by atoms with Crippen molar-refractivity contribution in [2.24, 2.45) is 5.92 Å². The number of alkyl halides is 3. The lowest BCUT2D eigenvalue weighted by atomic mass is 10.1. The average Bonchev–Trinajstić information content (AvgIpc) is 2.34. The Hall–Kier alpha value is -0.640. The largest absolute Gasteiger partial charge is 0.378 e. The molecule has 0 spiro atoms. The van der Waals surface area contributed by atoms with Crippen LogP contribution in [0.15, 0.2) is 24.3 Å². The number of carbonyl (C=O) groups excluding carboxylic acids is 1. The van der Waals surface area contributed by atoms with Gasteiger partial charge in [0.05, 0.1) is 0 Å². The Morgan fingerprint density at radius 1 is 1.19 bits per heavy atom. The molecule has 0 radical (unpaired) electrons. The fourth-order valence-corrected chi connectivity index (χ4v) is 2.45. The van der Waals surface area contributed by atoms with Crippen molar-refractivity contribution in [2.45, 2.75) is 30.1 Å². The predicted molar refractivity (Wildman–Crippen MR) is 91.4 cm³/mol. The normalized spacial score (nSPS) is 13.1. The van der Waals surface area contributed by atoms with Crippen LogP contribution in [0.3, 0.4) is 0 Å². The van der Waals surface area contributed by atoms with Crippen LogP contribution in [0.5, 0.6) is 0 Å². The molecule has 1 atom stereocenters. The van der Waals surface area contributed by atoms with Crippen molar-refractivity contribution in [2.75, 3.05) is 19.0 Å². The van der Waals surface area contributed by atoms with E-state index in [9.17, 15) is 4.79 Å². The molecule has 118 valence electrons. The Balaban J connectivity index is 2.95. The average molecular weight is 352 g/mol. The van der Waals surface area contributed by atoms with Crippen molar-refractivity contribution in [1.29, 1.82) is 0 Å². The molecule has 21 heavy (non-hydrogen) atoms. The molecule has 0 unspecified atom stereocenters. The van der Waals surface area contributed by atoms with Crippen LogP contribution in [0.4, 0.5) is 5.69 Å². The molecule has 1 aromatic carbocycles. The van der Waals surface area contributed by atoms with Gasteiger partial charge in [-0.15, -0.1) is 0 Å². The van der Waals surface area contributed by atoms with E-state index in [0.29, 0.717) is 6.42 Å². The molecule has 3 nitrogen and oxygen atoms in total. The molecule has 0 aliphatic carbocycles. The van der Waals surface area contributed by atoms with Gasteiger partial charge in [-0.3, -0.25) is 4.79 Å². The van der Waals surface area contributed by atoms with Gasteiger partial charge in [0.1, 0.15) is 6.04 Å². The van der Waals surface area contributed by atoms with Gasteiger partial charge in [-0.25, -0.2) is 0 Å². The summed E-state index contributed by atoms with van der Waals surface area (Å²) in [6.45, 7) is 3.94. The van der Waals surface area contributed by atoms with Crippen LogP contribution in [0.1, 0.15) is 31.9 Å². The minimum atomic E-state index is -1.60. The lowest BCUT2D eigenvalue weighted by molar-refractivity contribution is -0.122. The van der Waals surface area contributed by atoms with E-state index in [1.807, 2.05) is 57.1 Å². The van der Waals surface area contributed by atoms with Gasteiger partial charge in [0, 0.05) is 26.2 Å². The van der Waals surface area contributed by atoms with E-state index in [-0.39, 0.29) is 11.8 Å². The topological polar surface area (TPSA) is 32.3 Å². The number of hydrogen-bond donors (Lipinski definition) is 1. The highest BCUT2D eigenvalue weighted by Gasteiger charge is 2.35. The van der Waals surface area contributed by atoms with Crippen molar-refractivity contribution in [1.82, 2.24) is 5.32 Å². The fourth-order valence-electron chi connectivity index (χ4n) is 1.91. The number of hydrogen-bond acceptors (Lipinski definition) is 2. The van der Waals surface area contributed by atoms with Crippen molar-refractivity contribution >= 4 is 46.4 Å². The number of halogens is 3. The molecule has 0 saturated heterocycles. The second-order valence-corrected chi connectivity index (χ2v) is 8.00. The molecule has 0 heterocycles. The molecular formula is C15H21Cl3N2O. The summed E-state index contributed by atoms with van der Waals surface area (Å²) in [5.41, 5.74) is 1.80. The summed E-state index contributed by atoms with van der Waals surface area (Å²) < 4.78 is -1.60. The molecule has 0 bridgehead atoms. The predicted octanol–water partition coefficient (Wildman–Crippen LogP) is 4.33. The second kappa shape index (κ2) is 7.57. The van der Waals surface area contributed by atoms with Gasteiger partial charge < -0.3 is 10.2 Å². The molecule has 0 fully saturated rings. The second-order valence-electron chi connectivity index (χ2n) is 5.63. The quantitative estimate of drug-likeness (QED) is 0.801. The van der Waals surface area contributed by atoms with Gasteiger partial charge in [0.25, 0.3) is 0 Å². The highest BCUT2D eigenvalue weighted by Crippen LogP contribution is 2.40. The van der Waals surface area contributed by atoms with E-state index in [1.165, 1.54) is 0 Å². The van der Waals surface area contributed by atoms with E-state index < -0.39 is 9.83 Å². The Bertz CT molecular complexity index is 467. The number of carbonyl (C=O) groups is 1. The van der Waals surface area contributed by atoms with Crippen LogP contribution < -0.4 is 10.2 Å². The van der Waals surface area contributed by atoms with E-state index >= 15 is 0 Å². The Morgan fingerprint density at radius 2 is 1.71 bits per heavy atom. The molecule has 1 amide bonds. The van der Waals surface area contributed by atoms with Crippen molar-refractivity contribution in [3.05, 3.63) is 29.8 Å². The van der Waals surface area contributed by atoms with Gasteiger partial charge in [-0.2, -0.15) is 0 Å². The Kier molecular flexibility index (Phi) is 6.64. The molecule has 1 rings (SSSR count). The van der Waals surface area contributed by atoms with E-state index in [1.54, 1.807) is 0 Å². The first kappa shape index (κ1) is 18.4. The third kappa shape index (κ3) is 5.93. The number of nitrogens with one attached hydrogen (secondary N) is 1. The smallest absolute Gasteiger partial charge is 0.220 e. The number of anilines is 1. The zero-order valence-electron chi connectivity index (χ0n) is 12.7. The van der Waals surface area contributed by atoms with Crippen LogP contribution in [-0.2, 0) is 4.79 Å². The molecule has 6 heteroatoms. The summed E-state index contributed by atoms with van der Waals surface area (Å²) in [6, 6.07) is 6.89. The number of benzene rings is 1. The zero-order valence-corrected chi connectivity index (χ0v) is 14.9. The van der Waals surface area contributed by atoms with Crippen molar-refractivity contribution < 1.29 is 4.79 Å². The van der Waals surface area contributed by atoms with Crippen molar-refractivity contribution in [3.63, 3.8) is 0 Å². The molecule has 0 aliphatic heterocycles. The Labute approximate surface area is 141 Å². The first-order valence-corrected chi connectivity index (χ1v) is 7.88.